The highest BCUT2D eigenvalue weighted by atomic mass is 35.5. The minimum atomic E-state index is -0.184. The van der Waals surface area contributed by atoms with E-state index in [4.69, 9.17) is 11.6 Å². The number of halogens is 1. The molecule has 132 valence electrons. The molecule has 4 nitrogen and oxygen atoms in total. The zero-order chi connectivity index (χ0) is 18.2. The van der Waals surface area contributed by atoms with Crippen LogP contribution in [0.5, 0.6) is 0 Å². The highest BCUT2D eigenvalue weighted by Crippen LogP contribution is 2.18. The van der Waals surface area contributed by atoms with Crippen molar-refractivity contribution in [3.05, 3.63) is 64.7 Å². The molecule has 0 fully saturated rings. The zero-order valence-electron chi connectivity index (χ0n) is 14.5. The van der Waals surface area contributed by atoms with Gasteiger partial charge in [0.2, 0.25) is 5.91 Å². The van der Waals surface area contributed by atoms with Crippen LogP contribution in [0.3, 0.4) is 0 Å². The summed E-state index contributed by atoms with van der Waals surface area (Å²) in [5.74, 6) is -0.333. The Morgan fingerprint density at radius 3 is 2.48 bits per heavy atom. The lowest BCUT2D eigenvalue weighted by molar-refractivity contribution is -0.116. The number of para-hydroxylation sites is 1. The van der Waals surface area contributed by atoms with Gasteiger partial charge in [0, 0.05) is 17.5 Å². The molecule has 0 aliphatic rings. The molecule has 2 aromatic carbocycles. The Morgan fingerprint density at radius 2 is 1.76 bits per heavy atom. The van der Waals surface area contributed by atoms with Crippen LogP contribution in [0.2, 0.25) is 5.02 Å². The number of nitrogens with one attached hydrogen (secondary N) is 2. The van der Waals surface area contributed by atoms with E-state index in [1.807, 2.05) is 38.1 Å². The number of hydrogen-bond donors (Lipinski definition) is 2. The van der Waals surface area contributed by atoms with E-state index in [9.17, 15) is 9.59 Å². The molecule has 0 unspecified atom stereocenters. The maximum Gasteiger partial charge on any atom is 0.253 e. The van der Waals surface area contributed by atoms with E-state index in [-0.39, 0.29) is 17.9 Å². The Hall–Kier alpha value is -2.33. The van der Waals surface area contributed by atoms with E-state index in [1.165, 1.54) is 0 Å². The maximum atomic E-state index is 12.4. The SMILES string of the molecule is CC[C@H](C)NC(=O)c1ccccc1NC(=O)CCc1ccccc1Cl. The molecule has 2 aromatic rings. The number of hydrogen-bond acceptors (Lipinski definition) is 2. The summed E-state index contributed by atoms with van der Waals surface area (Å²) in [7, 11) is 0. The highest BCUT2D eigenvalue weighted by molar-refractivity contribution is 6.31. The number of aryl methyl sites for hydroxylation is 1. The van der Waals surface area contributed by atoms with E-state index in [2.05, 4.69) is 10.6 Å². The third kappa shape index (κ3) is 5.61. The van der Waals surface area contributed by atoms with Gasteiger partial charge in [-0.1, -0.05) is 48.9 Å². The molecule has 2 rings (SSSR count). The van der Waals surface area contributed by atoms with E-state index in [0.717, 1.165) is 12.0 Å². The second kappa shape index (κ2) is 9.23. The van der Waals surface area contributed by atoms with Gasteiger partial charge in [-0.3, -0.25) is 9.59 Å². The van der Waals surface area contributed by atoms with E-state index in [0.29, 0.717) is 29.1 Å². The molecule has 1 atom stereocenters. The topological polar surface area (TPSA) is 58.2 Å². The van der Waals surface area contributed by atoms with Gasteiger partial charge in [-0.2, -0.15) is 0 Å². The monoisotopic (exact) mass is 358 g/mol. The Balaban J connectivity index is 2.01. The third-order valence-corrected chi connectivity index (χ3v) is 4.38. The fourth-order valence-electron chi connectivity index (χ4n) is 2.36. The Bertz CT molecular complexity index is 746. The zero-order valence-corrected chi connectivity index (χ0v) is 15.3. The number of benzene rings is 2. The van der Waals surface area contributed by atoms with Crippen molar-refractivity contribution < 1.29 is 9.59 Å². The molecular formula is C20H23ClN2O2. The average molecular weight is 359 g/mol. The molecule has 25 heavy (non-hydrogen) atoms. The first-order valence-electron chi connectivity index (χ1n) is 8.44. The van der Waals surface area contributed by atoms with E-state index >= 15 is 0 Å². The summed E-state index contributed by atoms with van der Waals surface area (Å²) < 4.78 is 0. The maximum absolute atomic E-state index is 12.4. The molecular weight excluding hydrogens is 336 g/mol. The molecule has 0 aromatic heterocycles. The quantitative estimate of drug-likeness (QED) is 0.768. The first-order chi connectivity index (χ1) is 12.0. The summed E-state index contributed by atoms with van der Waals surface area (Å²) >= 11 is 6.11. The van der Waals surface area contributed by atoms with Gasteiger partial charge < -0.3 is 10.6 Å². The Morgan fingerprint density at radius 1 is 1.08 bits per heavy atom. The van der Waals surface area contributed by atoms with Gasteiger partial charge in [0.25, 0.3) is 5.91 Å². The van der Waals surface area contributed by atoms with Crippen LogP contribution >= 0.6 is 11.6 Å². The van der Waals surface area contributed by atoms with Crippen molar-refractivity contribution in [2.45, 2.75) is 39.2 Å². The predicted molar refractivity (Wildman–Crippen MR) is 102 cm³/mol. The molecule has 0 aliphatic carbocycles. The predicted octanol–water partition coefficient (Wildman–Crippen LogP) is 4.44. The minimum absolute atomic E-state index is 0.0801. The first kappa shape index (κ1) is 19.0. The van der Waals surface area contributed by atoms with E-state index < -0.39 is 0 Å². The minimum Gasteiger partial charge on any atom is -0.350 e. The van der Waals surface area contributed by atoms with Gasteiger partial charge >= 0.3 is 0 Å². The fourth-order valence-corrected chi connectivity index (χ4v) is 2.59. The van der Waals surface area contributed by atoms with Crippen LogP contribution < -0.4 is 10.6 Å². The number of anilines is 1. The van der Waals surface area contributed by atoms with Gasteiger partial charge in [-0.15, -0.1) is 0 Å². The van der Waals surface area contributed by atoms with E-state index in [1.54, 1.807) is 24.3 Å². The fraction of sp³-hybridized carbons (Fsp3) is 0.300. The van der Waals surface area contributed by atoms with Crippen LogP contribution in [0, 0.1) is 0 Å². The first-order valence-corrected chi connectivity index (χ1v) is 8.82. The smallest absolute Gasteiger partial charge is 0.253 e. The normalized spacial score (nSPS) is 11.6. The van der Waals surface area contributed by atoms with Gasteiger partial charge in [0.15, 0.2) is 0 Å². The molecule has 2 N–H and O–H groups in total. The van der Waals surface area contributed by atoms with Crippen LogP contribution in [-0.2, 0) is 11.2 Å². The molecule has 0 saturated heterocycles. The number of carbonyl (C=O) groups is 2. The van der Waals surface area contributed by atoms with Crippen molar-refractivity contribution in [3.63, 3.8) is 0 Å². The number of amides is 2. The highest BCUT2D eigenvalue weighted by Gasteiger charge is 2.14. The van der Waals surface area contributed by atoms with Crippen LogP contribution in [0.4, 0.5) is 5.69 Å². The summed E-state index contributed by atoms with van der Waals surface area (Å²) in [4.78, 5) is 24.6. The second-order valence-corrected chi connectivity index (χ2v) is 6.38. The Kier molecular flexibility index (Phi) is 7.02. The summed E-state index contributed by atoms with van der Waals surface area (Å²) in [6, 6.07) is 14.6. The molecule has 0 radical (unpaired) electrons. The summed E-state index contributed by atoms with van der Waals surface area (Å²) in [5.41, 5.74) is 1.92. The molecule has 0 bridgehead atoms. The summed E-state index contributed by atoms with van der Waals surface area (Å²) in [6.45, 7) is 3.95. The Labute approximate surface area is 153 Å². The van der Waals surface area contributed by atoms with Gasteiger partial charge in [0.1, 0.15) is 0 Å². The van der Waals surface area contributed by atoms with Gasteiger partial charge in [-0.25, -0.2) is 0 Å². The lowest BCUT2D eigenvalue weighted by Gasteiger charge is -2.14. The standard InChI is InChI=1S/C20H23ClN2O2/c1-3-14(2)22-20(25)16-9-5-7-11-18(16)23-19(24)13-12-15-8-4-6-10-17(15)21/h4-11,14H,3,12-13H2,1-2H3,(H,22,25)(H,23,24)/t14-/m0/s1. The van der Waals surface area contributed by atoms with Crippen molar-refractivity contribution >= 4 is 29.1 Å². The summed E-state index contributed by atoms with van der Waals surface area (Å²) in [5, 5.41) is 6.40. The lowest BCUT2D eigenvalue weighted by Crippen LogP contribution is -2.32. The number of carbonyl (C=O) groups excluding carboxylic acids is 2. The van der Waals surface area contributed by atoms with Crippen LogP contribution in [0.15, 0.2) is 48.5 Å². The van der Waals surface area contributed by atoms with Gasteiger partial charge in [0.05, 0.1) is 11.3 Å². The van der Waals surface area contributed by atoms with Crippen LogP contribution in [0.25, 0.3) is 0 Å². The van der Waals surface area contributed by atoms with Crippen molar-refractivity contribution in [2.24, 2.45) is 0 Å². The summed E-state index contributed by atoms with van der Waals surface area (Å²) in [6.07, 6.45) is 1.69. The van der Waals surface area contributed by atoms with Crippen molar-refractivity contribution in [2.75, 3.05) is 5.32 Å². The van der Waals surface area contributed by atoms with Crippen molar-refractivity contribution in [3.8, 4) is 0 Å². The molecule has 0 saturated carbocycles. The third-order valence-electron chi connectivity index (χ3n) is 4.01. The van der Waals surface area contributed by atoms with Crippen LogP contribution in [0.1, 0.15) is 42.6 Å². The largest absolute Gasteiger partial charge is 0.350 e. The molecule has 5 heteroatoms. The molecule has 0 heterocycles. The second-order valence-electron chi connectivity index (χ2n) is 5.97. The average Bonchev–Trinajstić information content (AvgIpc) is 2.61. The molecule has 0 spiro atoms. The molecule has 0 aliphatic heterocycles. The van der Waals surface area contributed by atoms with Gasteiger partial charge in [-0.05, 0) is 43.5 Å². The van der Waals surface area contributed by atoms with Crippen molar-refractivity contribution in [1.82, 2.24) is 5.32 Å². The lowest BCUT2D eigenvalue weighted by atomic mass is 10.1. The van der Waals surface area contributed by atoms with Crippen LogP contribution in [-0.4, -0.2) is 17.9 Å². The number of rotatable bonds is 7. The van der Waals surface area contributed by atoms with Crippen molar-refractivity contribution in [1.29, 1.82) is 0 Å². The molecule has 2 amide bonds.